The molecule has 0 radical (unpaired) electrons. The standard InChI is InChI=1S/C9H16ClNO4S/c1-7-5-15-8(3-10)4-11(7)9(12)6-16(2,13)14/h7-8H,3-6H2,1-2H3. The molecule has 0 bridgehead atoms. The van der Waals surface area contributed by atoms with Crippen molar-refractivity contribution in [1.82, 2.24) is 4.90 Å². The first-order valence-corrected chi connectivity index (χ1v) is 7.57. The molecule has 1 amide bonds. The lowest BCUT2D eigenvalue weighted by atomic mass is 10.2. The summed E-state index contributed by atoms with van der Waals surface area (Å²) in [6.45, 7) is 2.58. The predicted molar refractivity (Wildman–Crippen MR) is 61.3 cm³/mol. The molecule has 0 aromatic carbocycles. The van der Waals surface area contributed by atoms with Crippen molar-refractivity contribution < 1.29 is 17.9 Å². The summed E-state index contributed by atoms with van der Waals surface area (Å²) in [6, 6.07) is -0.103. The van der Waals surface area contributed by atoms with E-state index in [4.69, 9.17) is 16.3 Å². The molecule has 0 aromatic heterocycles. The van der Waals surface area contributed by atoms with Gasteiger partial charge in [0, 0.05) is 12.8 Å². The van der Waals surface area contributed by atoms with Crippen LogP contribution in [-0.2, 0) is 19.4 Å². The van der Waals surface area contributed by atoms with E-state index in [1.807, 2.05) is 6.92 Å². The number of nitrogens with zero attached hydrogens (tertiary/aromatic N) is 1. The SMILES string of the molecule is CC1COC(CCl)CN1C(=O)CS(C)(=O)=O. The van der Waals surface area contributed by atoms with E-state index in [1.54, 1.807) is 0 Å². The molecule has 7 heteroatoms. The number of ether oxygens (including phenoxy) is 1. The molecule has 5 nitrogen and oxygen atoms in total. The molecule has 94 valence electrons. The van der Waals surface area contributed by atoms with Crippen molar-refractivity contribution in [3.05, 3.63) is 0 Å². The average molecular weight is 270 g/mol. The molecule has 1 heterocycles. The van der Waals surface area contributed by atoms with Gasteiger partial charge in [0.25, 0.3) is 0 Å². The van der Waals surface area contributed by atoms with Crippen LogP contribution >= 0.6 is 11.6 Å². The number of hydrogen-bond acceptors (Lipinski definition) is 4. The lowest BCUT2D eigenvalue weighted by Crippen LogP contribution is -2.52. The zero-order valence-electron chi connectivity index (χ0n) is 9.35. The van der Waals surface area contributed by atoms with E-state index in [9.17, 15) is 13.2 Å². The van der Waals surface area contributed by atoms with Gasteiger partial charge in [-0.05, 0) is 6.92 Å². The summed E-state index contributed by atoms with van der Waals surface area (Å²) < 4.78 is 27.4. The smallest absolute Gasteiger partial charge is 0.238 e. The van der Waals surface area contributed by atoms with Gasteiger partial charge in [0.1, 0.15) is 5.75 Å². The van der Waals surface area contributed by atoms with E-state index in [1.165, 1.54) is 4.90 Å². The maximum atomic E-state index is 11.7. The lowest BCUT2D eigenvalue weighted by molar-refractivity contribution is -0.140. The van der Waals surface area contributed by atoms with Gasteiger partial charge >= 0.3 is 0 Å². The first-order chi connectivity index (χ1) is 7.33. The van der Waals surface area contributed by atoms with E-state index in [0.717, 1.165) is 6.26 Å². The Kier molecular flexibility index (Phi) is 4.58. The molecule has 1 aliphatic heterocycles. The summed E-state index contributed by atoms with van der Waals surface area (Å²) >= 11 is 5.65. The molecule has 0 saturated carbocycles. The van der Waals surface area contributed by atoms with Gasteiger partial charge in [0.2, 0.25) is 5.91 Å². The molecule has 0 aliphatic carbocycles. The fraction of sp³-hybridized carbons (Fsp3) is 0.889. The minimum absolute atomic E-state index is 0.103. The van der Waals surface area contributed by atoms with Crippen molar-refractivity contribution in [3.63, 3.8) is 0 Å². The quantitative estimate of drug-likeness (QED) is 0.671. The lowest BCUT2D eigenvalue weighted by Gasteiger charge is -2.37. The van der Waals surface area contributed by atoms with Gasteiger partial charge in [-0.1, -0.05) is 0 Å². The Labute approximate surface area is 101 Å². The Morgan fingerprint density at radius 3 is 2.69 bits per heavy atom. The first-order valence-electron chi connectivity index (χ1n) is 4.98. The molecule has 0 aromatic rings. The van der Waals surface area contributed by atoms with Gasteiger partial charge in [-0.3, -0.25) is 4.79 Å². The Balaban J connectivity index is 2.66. The van der Waals surface area contributed by atoms with Crippen molar-refractivity contribution in [2.24, 2.45) is 0 Å². The largest absolute Gasteiger partial charge is 0.373 e. The van der Waals surface area contributed by atoms with Crippen molar-refractivity contribution in [1.29, 1.82) is 0 Å². The van der Waals surface area contributed by atoms with Crippen molar-refractivity contribution in [2.75, 3.05) is 31.0 Å². The third kappa shape index (κ3) is 3.92. The Morgan fingerprint density at radius 1 is 1.56 bits per heavy atom. The number of hydrogen-bond donors (Lipinski definition) is 0. The van der Waals surface area contributed by atoms with E-state index in [-0.39, 0.29) is 18.1 Å². The third-order valence-corrected chi connectivity index (χ3v) is 3.50. The maximum absolute atomic E-state index is 11.7. The number of alkyl halides is 1. The zero-order valence-corrected chi connectivity index (χ0v) is 10.9. The van der Waals surface area contributed by atoms with Gasteiger partial charge in [-0.15, -0.1) is 11.6 Å². The number of morpholine rings is 1. The number of rotatable bonds is 3. The number of carbonyl (C=O) groups is 1. The minimum atomic E-state index is -3.29. The average Bonchev–Trinajstić information content (AvgIpc) is 2.15. The van der Waals surface area contributed by atoms with Crippen LogP contribution < -0.4 is 0 Å². The summed E-state index contributed by atoms with van der Waals surface area (Å²) in [5.74, 6) is -0.532. The van der Waals surface area contributed by atoms with Crippen molar-refractivity contribution in [3.8, 4) is 0 Å². The van der Waals surface area contributed by atoms with Crippen LogP contribution in [0.3, 0.4) is 0 Å². The second kappa shape index (κ2) is 5.33. The summed E-state index contributed by atoms with van der Waals surface area (Å²) in [5, 5.41) is 0. The monoisotopic (exact) mass is 269 g/mol. The number of sulfone groups is 1. The van der Waals surface area contributed by atoms with Crippen molar-refractivity contribution in [2.45, 2.75) is 19.1 Å². The molecule has 2 unspecified atom stereocenters. The first kappa shape index (κ1) is 13.7. The van der Waals surface area contributed by atoms with Crippen LogP contribution in [0.1, 0.15) is 6.92 Å². The van der Waals surface area contributed by atoms with Crippen LogP contribution in [0, 0.1) is 0 Å². The van der Waals surface area contributed by atoms with Crippen LogP contribution in [0.4, 0.5) is 0 Å². The topological polar surface area (TPSA) is 63.7 Å². The highest BCUT2D eigenvalue weighted by molar-refractivity contribution is 7.91. The minimum Gasteiger partial charge on any atom is -0.373 e. The highest BCUT2D eigenvalue weighted by Crippen LogP contribution is 2.13. The molecule has 1 saturated heterocycles. The number of halogens is 1. The molecular formula is C9H16ClNO4S. The van der Waals surface area contributed by atoms with Gasteiger partial charge in [-0.25, -0.2) is 8.42 Å². The second-order valence-corrected chi connectivity index (χ2v) is 6.52. The van der Waals surface area contributed by atoms with E-state index in [0.29, 0.717) is 19.0 Å². The predicted octanol–water partition coefficient (Wildman–Crippen LogP) is -0.114. The molecule has 16 heavy (non-hydrogen) atoms. The second-order valence-electron chi connectivity index (χ2n) is 4.07. The zero-order chi connectivity index (χ0) is 12.3. The van der Waals surface area contributed by atoms with E-state index in [2.05, 4.69) is 0 Å². The fourth-order valence-corrected chi connectivity index (χ4v) is 2.37. The summed E-state index contributed by atoms with van der Waals surface area (Å²) in [7, 11) is -3.29. The van der Waals surface area contributed by atoms with Gasteiger partial charge in [-0.2, -0.15) is 0 Å². The third-order valence-electron chi connectivity index (χ3n) is 2.38. The summed E-state index contributed by atoms with van der Waals surface area (Å²) in [4.78, 5) is 13.3. The number of amides is 1. The van der Waals surface area contributed by atoms with Crippen LogP contribution in [0.5, 0.6) is 0 Å². The van der Waals surface area contributed by atoms with Crippen LogP contribution in [0.2, 0.25) is 0 Å². The molecule has 1 rings (SSSR count). The van der Waals surface area contributed by atoms with Gasteiger partial charge < -0.3 is 9.64 Å². The Bertz CT molecular complexity index is 357. The van der Waals surface area contributed by atoms with Gasteiger partial charge in [0.15, 0.2) is 9.84 Å². The summed E-state index contributed by atoms with van der Waals surface area (Å²) in [6.07, 6.45) is 0.844. The number of carbonyl (C=O) groups excluding carboxylic acids is 1. The molecule has 0 spiro atoms. The summed E-state index contributed by atoms with van der Waals surface area (Å²) in [5.41, 5.74) is 0. The highest BCUT2D eigenvalue weighted by Gasteiger charge is 2.30. The molecular weight excluding hydrogens is 254 g/mol. The van der Waals surface area contributed by atoms with E-state index < -0.39 is 15.6 Å². The molecule has 0 N–H and O–H groups in total. The molecule has 1 aliphatic rings. The van der Waals surface area contributed by atoms with Crippen LogP contribution in [0.25, 0.3) is 0 Å². The van der Waals surface area contributed by atoms with Crippen LogP contribution in [0.15, 0.2) is 0 Å². The maximum Gasteiger partial charge on any atom is 0.238 e. The fourth-order valence-electron chi connectivity index (χ4n) is 1.57. The molecule has 2 atom stereocenters. The van der Waals surface area contributed by atoms with Gasteiger partial charge in [0.05, 0.1) is 24.6 Å². The highest BCUT2D eigenvalue weighted by atomic mass is 35.5. The van der Waals surface area contributed by atoms with Crippen molar-refractivity contribution >= 4 is 27.3 Å². The normalized spacial score (nSPS) is 26.8. The Hall–Kier alpha value is -0.330. The van der Waals surface area contributed by atoms with E-state index >= 15 is 0 Å². The molecule has 1 fully saturated rings. The Morgan fingerprint density at radius 2 is 2.19 bits per heavy atom. The van der Waals surface area contributed by atoms with Crippen LogP contribution in [-0.4, -0.2) is 62.4 Å².